The molecule has 3 N–H and O–H groups in total. The van der Waals surface area contributed by atoms with E-state index in [4.69, 9.17) is 10.5 Å². The highest BCUT2D eigenvalue weighted by Gasteiger charge is 2.20. The highest BCUT2D eigenvalue weighted by atomic mass is 16.6. The molecule has 0 spiro atoms. The standard InChI is InChI=1S/C12H21N5O3/c1-8(2)4-6-20-7-5-14-11-10(17(18)19)9(3)15-12(13)16-11/h8H,4-7H2,1-3H3,(H3,13,14,15,16). The van der Waals surface area contributed by atoms with Gasteiger partial charge in [0.2, 0.25) is 11.8 Å². The van der Waals surface area contributed by atoms with Gasteiger partial charge in [-0.3, -0.25) is 10.1 Å². The van der Waals surface area contributed by atoms with Crippen molar-refractivity contribution in [3.05, 3.63) is 15.8 Å². The van der Waals surface area contributed by atoms with E-state index in [2.05, 4.69) is 29.1 Å². The lowest BCUT2D eigenvalue weighted by molar-refractivity contribution is -0.385. The Labute approximate surface area is 117 Å². The van der Waals surface area contributed by atoms with Crippen LogP contribution in [0.15, 0.2) is 0 Å². The molecule has 0 radical (unpaired) electrons. The zero-order valence-corrected chi connectivity index (χ0v) is 12.0. The molecule has 0 aliphatic rings. The Balaban J connectivity index is 2.53. The molecule has 0 unspecified atom stereocenters. The topological polar surface area (TPSA) is 116 Å². The van der Waals surface area contributed by atoms with E-state index < -0.39 is 4.92 Å². The van der Waals surface area contributed by atoms with Crippen LogP contribution in [0.3, 0.4) is 0 Å². The highest BCUT2D eigenvalue weighted by molar-refractivity contribution is 5.60. The van der Waals surface area contributed by atoms with Gasteiger partial charge in [0, 0.05) is 13.2 Å². The second kappa shape index (κ2) is 7.59. The van der Waals surface area contributed by atoms with Crippen LogP contribution in [0.4, 0.5) is 17.5 Å². The number of nitro groups is 1. The maximum Gasteiger partial charge on any atom is 0.332 e. The van der Waals surface area contributed by atoms with E-state index in [0.717, 1.165) is 6.42 Å². The van der Waals surface area contributed by atoms with Gasteiger partial charge < -0.3 is 15.8 Å². The van der Waals surface area contributed by atoms with Crippen LogP contribution < -0.4 is 11.1 Å². The first-order valence-electron chi connectivity index (χ1n) is 6.52. The molecular formula is C12H21N5O3. The first-order chi connectivity index (χ1) is 9.41. The van der Waals surface area contributed by atoms with Gasteiger partial charge >= 0.3 is 5.69 Å². The maximum atomic E-state index is 11.0. The van der Waals surface area contributed by atoms with Crippen molar-refractivity contribution >= 4 is 17.5 Å². The number of nitrogen functional groups attached to an aromatic ring is 1. The van der Waals surface area contributed by atoms with Crippen molar-refractivity contribution < 1.29 is 9.66 Å². The molecular weight excluding hydrogens is 262 g/mol. The summed E-state index contributed by atoms with van der Waals surface area (Å²) in [5, 5.41) is 13.8. The SMILES string of the molecule is Cc1nc(N)nc(NCCOCCC(C)C)c1[N+](=O)[O-]. The predicted molar refractivity (Wildman–Crippen MR) is 76.6 cm³/mol. The van der Waals surface area contributed by atoms with Gasteiger partial charge in [-0.25, -0.2) is 4.98 Å². The van der Waals surface area contributed by atoms with Crippen molar-refractivity contribution in [3.63, 3.8) is 0 Å². The number of hydrogen-bond acceptors (Lipinski definition) is 7. The summed E-state index contributed by atoms with van der Waals surface area (Å²) in [5.41, 5.74) is 5.59. The Hall–Kier alpha value is -1.96. The molecule has 0 bridgehead atoms. The van der Waals surface area contributed by atoms with Gasteiger partial charge in [0.1, 0.15) is 5.69 Å². The average molecular weight is 283 g/mol. The normalized spacial score (nSPS) is 10.8. The molecule has 0 aliphatic carbocycles. The number of nitrogens with two attached hydrogens (primary N) is 1. The number of hydrogen-bond donors (Lipinski definition) is 2. The van der Waals surface area contributed by atoms with Crippen LogP contribution in [0.5, 0.6) is 0 Å². The molecule has 0 saturated carbocycles. The Morgan fingerprint density at radius 1 is 1.40 bits per heavy atom. The second-order valence-corrected chi connectivity index (χ2v) is 4.84. The Bertz CT molecular complexity index is 465. The monoisotopic (exact) mass is 283 g/mol. The minimum atomic E-state index is -0.517. The summed E-state index contributed by atoms with van der Waals surface area (Å²) in [5.74, 6) is 0.733. The molecule has 112 valence electrons. The van der Waals surface area contributed by atoms with Crippen molar-refractivity contribution in [3.8, 4) is 0 Å². The Morgan fingerprint density at radius 3 is 2.70 bits per heavy atom. The lowest BCUT2D eigenvalue weighted by Crippen LogP contribution is -2.14. The van der Waals surface area contributed by atoms with E-state index >= 15 is 0 Å². The van der Waals surface area contributed by atoms with E-state index in [-0.39, 0.29) is 23.1 Å². The van der Waals surface area contributed by atoms with Crippen LogP contribution in [0.2, 0.25) is 0 Å². The zero-order valence-electron chi connectivity index (χ0n) is 12.0. The fraction of sp³-hybridized carbons (Fsp3) is 0.667. The third-order valence-electron chi connectivity index (χ3n) is 2.64. The number of anilines is 2. The Kier molecular flexibility index (Phi) is 6.10. The third kappa shape index (κ3) is 4.96. The largest absolute Gasteiger partial charge is 0.380 e. The van der Waals surface area contributed by atoms with E-state index in [1.54, 1.807) is 0 Å². The van der Waals surface area contributed by atoms with Gasteiger partial charge in [-0.1, -0.05) is 13.8 Å². The fourth-order valence-electron chi connectivity index (χ4n) is 1.59. The van der Waals surface area contributed by atoms with Gasteiger partial charge in [0.15, 0.2) is 0 Å². The molecule has 8 heteroatoms. The van der Waals surface area contributed by atoms with Crippen LogP contribution in [-0.2, 0) is 4.74 Å². The molecule has 0 atom stereocenters. The summed E-state index contributed by atoms with van der Waals surface area (Å²) in [4.78, 5) is 18.1. The number of nitrogens with one attached hydrogen (secondary N) is 1. The Morgan fingerprint density at radius 2 is 2.10 bits per heavy atom. The number of ether oxygens (including phenoxy) is 1. The van der Waals surface area contributed by atoms with Crippen LogP contribution in [0.1, 0.15) is 26.0 Å². The molecule has 1 aromatic heterocycles. The molecule has 0 aliphatic heterocycles. The van der Waals surface area contributed by atoms with Crippen LogP contribution in [0, 0.1) is 23.0 Å². The van der Waals surface area contributed by atoms with Crippen molar-refractivity contribution in [1.82, 2.24) is 9.97 Å². The quantitative estimate of drug-likeness (QED) is 0.424. The van der Waals surface area contributed by atoms with Crippen LogP contribution in [0.25, 0.3) is 0 Å². The number of aromatic nitrogens is 2. The molecule has 0 saturated heterocycles. The van der Waals surface area contributed by atoms with Gasteiger partial charge in [-0.15, -0.1) is 0 Å². The molecule has 1 heterocycles. The molecule has 8 nitrogen and oxygen atoms in total. The molecule has 0 aromatic carbocycles. The lowest BCUT2D eigenvalue weighted by Gasteiger charge is -2.09. The van der Waals surface area contributed by atoms with E-state index in [1.165, 1.54) is 6.92 Å². The maximum absolute atomic E-state index is 11.0. The van der Waals surface area contributed by atoms with E-state index in [9.17, 15) is 10.1 Å². The first-order valence-corrected chi connectivity index (χ1v) is 6.52. The lowest BCUT2D eigenvalue weighted by atomic mass is 10.1. The number of nitrogens with zero attached hydrogens (tertiary/aromatic N) is 3. The first kappa shape index (κ1) is 16.1. The van der Waals surface area contributed by atoms with Gasteiger partial charge in [0.25, 0.3) is 0 Å². The zero-order chi connectivity index (χ0) is 15.1. The minimum Gasteiger partial charge on any atom is -0.380 e. The second-order valence-electron chi connectivity index (χ2n) is 4.84. The summed E-state index contributed by atoms with van der Waals surface area (Å²) >= 11 is 0. The average Bonchev–Trinajstić information content (AvgIpc) is 2.31. The molecule has 20 heavy (non-hydrogen) atoms. The minimum absolute atomic E-state index is 0.0105. The van der Waals surface area contributed by atoms with Crippen LogP contribution in [-0.4, -0.2) is 34.6 Å². The smallest absolute Gasteiger partial charge is 0.332 e. The van der Waals surface area contributed by atoms with E-state index in [1.807, 2.05) is 0 Å². The van der Waals surface area contributed by atoms with Crippen molar-refractivity contribution in [2.45, 2.75) is 27.2 Å². The highest BCUT2D eigenvalue weighted by Crippen LogP contribution is 2.25. The van der Waals surface area contributed by atoms with Crippen molar-refractivity contribution in [1.29, 1.82) is 0 Å². The van der Waals surface area contributed by atoms with Crippen molar-refractivity contribution in [2.24, 2.45) is 5.92 Å². The van der Waals surface area contributed by atoms with Gasteiger partial charge in [-0.05, 0) is 19.3 Å². The van der Waals surface area contributed by atoms with E-state index in [0.29, 0.717) is 25.7 Å². The van der Waals surface area contributed by atoms with Gasteiger partial charge in [-0.2, -0.15) is 4.98 Å². The number of aryl methyl sites for hydroxylation is 1. The fourth-order valence-corrected chi connectivity index (χ4v) is 1.59. The predicted octanol–water partition coefficient (Wildman–Crippen LogP) is 1.75. The molecule has 0 fully saturated rings. The summed E-state index contributed by atoms with van der Waals surface area (Å²) < 4.78 is 5.42. The summed E-state index contributed by atoms with van der Waals surface area (Å²) in [6.07, 6.45) is 0.986. The summed E-state index contributed by atoms with van der Waals surface area (Å²) in [6.45, 7) is 7.32. The summed E-state index contributed by atoms with van der Waals surface area (Å²) in [6, 6.07) is 0. The van der Waals surface area contributed by atoms with Crippen molar-refractivity contribution in [2.75, 3.05) is 30.8 Å². The van der Waals surface area contributed by atoms with Crippen LogP contribution >= 0.6 is 0 Å². The summed E-state index contributed by atoms with van der Waals surface area (Å²) in [7, 11) is 0. The van der Waals surface area contributed by atoms with Gasteiger partial charge in [0.05, 0.1) is 11.5 Å². The molecule has 0 amide bonds. The third-order valence-corrected chi connectivity index (χ3v) is 2.64. The number of rotatable bonds is 8. The molecule has 1 rings (SSSR count). The molecule has 1 aromatic rings.